The Hall–Kier alpha value is -2.64. The Labute approximate surface area is 175 Å². The van der Waals surface area contributed by atoms with E-state index in [9.17, 15) is 0 Å². The number of aromatic nitrogens is 1. The van der Waals surface area contributed by atoms with Crippen molar-refractivity contribution < 1.29 is 9.15 Å². The van der Waals surface area contributed by atoms with Gasteiger partial charge in [-0.15, -0.1) is 11.3 Å². The van der Waals surface area contributed by atoms with E-state index in [0.717, 1.165) is 36.2 Å². The fourth-order valence-electron chi connectivity index (χ4n) is 3.45. The minimum atomic E-state index is 0.0475. The zero-order chi connectivity index (χ0) is 20.1. The van der Waals surface area contributed by atoms with Crippen LogP contribution in [0.5, 0.6) is 0 Å². The summed E-state index contributed by atoms with van der Waals surface area (Å²) >= 11 is 1.62. The summed E-state index contributed by atoms with van der Waals surface area (Å²) < 4.78 is 11.7. The Morgan fingerprint density at radius 2 is 2.21 bits per heavy atom. The number of nitrogens with one attached hydrogen (secondary N) is 1. The number of ether oxygens (including phenoxy) is 1. The molecule has 1 unspecified atom stereocenters. The third-order valence-electron chi connectivity index (χ3n) is 4.91. The van der Waals surface area contributed by atoms with Gasteiger partial charge < -0.3 is 19.4 Å². The number of aryl methyl sites for hydroxylation is 1. The zero-order valence-corrected chi connectivity index (χ0v) is 17.6. The number of hydrogen-bond acceptors (Lipinski definition) is 5. The van der Waals surface area contributed by atoms with E-state index in [4.69, 9.17) is 14.1 Å². The molecule has 1 aromatic carbocycles. The molecule has 0 amide bonds. The van der Waals surface area contributed by atoms with Crippen LogP contribution in [0.15, 0.2) is 57.5 Å². The molecule has 152 valence electrons. The Balaban J connectivity index is 1.47. The second kappa shape index (κ2) is 9.24. The zero-order valence-electron chi connectivity index (χ0n) is 16.8. The number of rotatable bonds is 5. The van der Waals surface area contributed by atoms with Crippen molar-refractivity contribution >= 4 is 17.3 Å². The van der Waals surface area contributed by atoms with Crippen LogP contribution in [0.3, 0.4) is 0 Å². The number of oxazole rings is 1. The van der Waals surface area contributed by atoms with Crippen molar-refractivity contribution in [2.45, 2.75) is 26.5 Å². The van der Waals surface area contributed by atoms with E-state index in [2.05, 4.69) is 53.3 Å². The lowest BCUT2D eigenvalue weighted by atomic mass is 10.0. The van der Waals surface area contributed by atoms with Crippen molar-refractivity contribution in [2.75, 3.05) is 26.2 Å². The van der Waals surface area contributed by atoms with Gasteiger partial charge in [0.2, 0.25) is 5.89 Å². The summed E-state index contributed by atoms with van der Waals surface area (Å²) in [7, 11) is 0. The lowest BCUT2D eigenvalue weighted by molar-refractivity contribution is -0.00834. The smallest absolute Gasteiger partial charge is 0.236 e. The highest BCUT2D eigenvalue weighted by Gasteiger charge is 2.25. The number of nitrogens with zero attached hydrogens (tertiary/aromatic N) is 3. The predicted octanol–water partition coefficient (Wildman–Crippen LogP) is 4.25. The van der Waals surface area contributed by atoms with Crippen molar-refractivity contribution in [1.82, 2.24) is 15.2 Å². The van der Waals surface area contributed by atoms with E-state index < -0.39 is 0 Å². The van der Waals surface area contributed by atoms with Gasteiger partial charge in [-0.2, -0.15) is 0 Å². The van der Waals surface area contributed by atoms with E-state index in [1.165, 1.54) is 11.1 Å². The van der Waals surface area contributed by atoms with Crippen molar-refractivity contribution in [2.24, 2.45) is 4.99 Å². The summed E-state index contributed by atoms with van der Waals surface area (Å²) in [5, 5.41) is 5.43. The van der Waals surface area contributed by atoms with Gasteiger partial charge in [0.05, 0.1) is 24.6 Å². The first kappa shape index (κ1) is 19.7. The number of guanidine groups is 1. The summed E-state index contributed by atoms with van der Waals surface area (Å²) in [6, 6.07) is 12.4. The van der Waals surface area contributed by atoms with Crippen molar-refractivity contribution in [3.05, 3.63) is 64.9 Å². The number of benzene rings is 1. The van der Waals surface area contributed by atoms with Gasteiger partial charge in [0.25, 0.3) is 0 Å². The third-order valence-corrected chi connectivity index (χ3v) is 5.77. The molecule has 0 spiro atoms. The molecule has 2 aromatic heterocycles. The molecule has 29 heavy (non-hydrogen) atoms. The van der Waals surface area contributed by atoms with Gasteiger partial charge in [0.1, 0.15) is 18.1 Å². The summed E-state index contributed by atoms with van der Waals surface area (Å²) in [6.45, 7) is 7.76. The molecule has 1 fully saturated rings. The standard InChI is InChI=1S/C22H26N4O2S/c1-3-23-22(24-13-17-15-28-21(25-17)20-9-6-12-29-20)26-10-11-27-19(14-26)18-8-5-4-7-16(18)2/h4-9,12,15,19H,3,10-11,13-14H2,1-2H3,(H,23,24). The molecule has 0 bridgehead atoms. The minimum Gasteiger partial charge on any atom is -0.443 e. The molecule has 1 aliphatic rings. The van der Waals surface area contributed by atoms with Crippen molar-refractivity contribution in [3.8, 4) is 10.8 Å². The molecule has 7 heteroatoms. The lowest BCUT2D eigenvalue weighted by Gasteiger charge is -2.35. The fourth-order valence-corrected chi connectivity index (χ4v) is 4.11. The van der Waals surface area contributed by atoms with Crippen LogP contribution in [0, 0.1) is 6.92 Å². The minimum absolute atomic E-state index is 0.0475. The molecule has 3 aromatic rings. The van der Waals surface area contributed by atoms with Crippen LogP contribution >= 0.6 is 11.3 Å². The Morgan fingerprint density at radius 1 is 1.31 bits per heavy atom. The predicted molar refractivity (Wildman–Crippen MR) is 116 cm³/mol. The highest BCUT2D eigenvalue weighted by atomic mass is 32.1. The van der Waals surface area contributed by atoms with Gasteiger partial charge in [0.15, 0.2) is 5.96 Å². The van der Waals surface area contributed by atoms with E-state index in [0.29, 0.717) is 19.0 Å². The fraction of sp³-hybridized carbons (Fsp3) is 0.364. The molecule has 6 nitrogen and oxygen atoms in total. The van der Waals surface area contributed by atoms with E-state index in [1.807, 2.05) is 17.5 Å². The van der Waals surface area contributed by atoms with Gasteiger partial charge in [-0.3, -0.25) is 0 Å². The van der Waals surface area contributed by atoms with E-state index in [-0.39, 0.29) is 6.10 Å². The summed E-state index contributed by atoms with van der Waals surface area (Å²) in [5.41, 5.74) is 3.32. The molecule has 1 aliphatic heterocycles. The first-order valence-electron chi connectivity index (χ1n) is 9.93. The Morgan fingerprint density at radius 3 is 3.00 bits per heavy atom. The molecule has 1 atom stereocenters. The molecule has 0 radical (unpaired) electrons. The van der Waals surface area contributed by atoms with Gasteiger partial charge in [-0.1, -0.05) is 30.3 Å². The molecular weight excluding hydrogens is 384 g/mol. The second-order valence-electron chi connectivity index (χ2n) is 6.95. The first-order valence-corrected chi connectivity index (χ1v) is 10.8. The van der Waals surface area contributed by atoms with Gasteiger partial charge in [0, 0.05) is 13.1 Å². The lowest BCUT2D eigenvalue weighted by Crippen LogP contribution is -2.48. The summed E-state index contributed by atoms with van der Waals surface area (Å²) in [4.78, 5) is 12.7. The van der Waals surface area contributed by atoms with Gasteiger partial charge >= 0.3 is 0 Å². The third kappa shape index (κ3) is 4.68. The van der Waals surface area contributed by atoms with Gasteiger partial charge in [-0.25, -0.2) is 9.98 Å². The van der Waals surface area contributed by atoms with Crippen LogP contribution in [0.25, 0.3) is 10.8 Å². The monoisotopic (exact) mass is 410 g/mol. The van der Waals surface area contributed by atoms with Crippen LogP contribution in [-0.4, -0.2) is 42.1 Å². The molecule has 0 aliphatic carbocycles. The maximum absolute atomic E-state index is 6.06. The number of thiophene rings is 1. The highest BCUT2D eigenvalue weighted by Crippen LogP contribution is 2.26. The van der Waals surface area contributed by atoms with E-state index in [1.54, 1.807) is 17.6 Å². The van der Waals surface area contributed by atoms with Crippen LogP contribution < -0.4 is 5.32 Å². The average molecular weight is 411 g/mol. The van der Waals surface area contributed by atoms with Crippen LogP contribution in [-0.2, 0) is 11.3 Å². The van der Waals surface area contributed by atoms with Crippen LogP contribution in [0.4, 0.5) is 0 Å². The Bertz CT molecular complexity index is 951. The highest BCUT2D eigenvalue weighted by molar-refractivity contribution is 7.13. The average Bonchev–Trinajstić information content (AvgIpc) is 3.43. The number of hydrogen-bond donors (Lipinski definition) is 1. The summed E-state index contributed by atoms with van der Waals surface area (Å²) in [5.74, 6) is 1.54. The van der Waals surface area contributed by atoms with Gasteiger partial charge in [-0.05, 0) is 36.4 Å². The first-order chi connectivity index (χ1) is 14.2. The maximum Gasteiger partial charge on any atom is 0.236 e. The molecule has 3 heterocycles. The molecule has 4 rings (SSSR count). The SMILES string of the molecule is CCNC(=NCc1coc(-c2cccs2)n1)N1CCOC(c2ccccc2C)C1. The number of aliphatic imine (C=N–C) groups is 1. The van der Waals surface area contributed by atoms with Crippen molar-refractivity contribution in [1.29, 1.82) is 0 Å². The molecule has 1 saturated heterocycles. The molecule has 0 saturated carbocycles. The molecule has 1 N–H and O–H groups in total. The maximum atomic E-state index is 6.06. The topological polar surface area (TPSA) is 62.9 Å². The normalized spacial score (nSPS) is 17.5. The Kier molecular flexibility index (Phi) is 6.27. The second-order valence-corrected chi connectivity index (χ2v) is 7.90. The largest absolute Gasteiger partial charge is 0.443 e. The van der Waals surface area contributed by atoms with E-state index >= 15 is 0 Å². The quantitative estimate of drug-likeness (QED) is 0.503. The summed E-state index contributed by atoms with van der Waals surface area (Å²) in [6.07, 6.45) is 1.74. The molecular formula is C22H26N4O2S. The van der Waals surface area contributed by atoms with Crippen molar-refractivity contribution in [3.63, 3.8) is 0 Å². The van der Waals surface area contributed by atoms with Crippen LogP contribution in [0.1, 0.15) is 29.8 Å². The van der Waals surface area contributed by atoms with Crippen LogP contribution in [0.2, 0.25) is 0 Å². The number of morpholine rings is 1.